The summed E-state index contributed by atoms with van der Waals surface area (Å²) in [6.45, 7) is 12.6. The number of carbonyl (C=O) groups excluding carboxylic acids is 1. The summed E-state index contributed by atoms with van der Waals surface area (Å²) in [4.78, 5) is 12.8. The molecule has 0 aromatic rings. The Morgan fingerprint density at radius 2 is 2.00 bits per heavy atom. The largest absolute Gasteiger partial charge is 0.461 e. The number of ether oxygens (including phenoxy) is 1. The molecule has 0 aromatic carbocycles. The predicted molar refractivity (Wildman–Crippen MR) is 116 cm³/mol. The van der Waals surface area contributed by atoms with Gasteiger partial charge in [-0.2, -0.15) is 0 Å². The fourth-order valence-electron chi connectivity index (χ4n) is 4.63. The molecule has 0 amide bonds. The van der Waals surface area contributed by atoms with Gasteiger partial charge >= 0.3 is 5.97 Å². The van der Waals surface area contributed by atoms with Crippen molar-refractivity contribution in [2.75, 3.05) is 0 Å². The molecule has 2 aliphatic rings. The van der Waals surface area contributed by atoms with E-state index in [9.17, 15) is 9.90 Å². The Bertz CT molecular complexity index is 574. The minimum Gasteiger partial charge on any atom is -0.461 e. The molecule has 0 aromatic heterocycles. The SMILES string of the molecule is CCCC[C@H](O)CC[C@@H]1C2C(=C[C@H](C)C[C@@H]2OC(=O)C(C)(C)CC)C=C[C@@H]1C. The lowest BCUT2D eigenvalue weighted by atomic mass is 9.65. The number of unbranched alkanes of at least 4 members (excludes halogenated alkanes) is 1. The van der Waals surface area contributed by atoms with Gasteiger partial charge in [0.2, 0.25) is 0 Å². The van der Waals surface area contributed by atoms with Crippen molar-refractivity contribution in [1.29, 1.82) is 0 Å². The fraction of sp³-hybridized carbons (Fsp3) is 0.800. The molecule has 6 atom stereocenters. The number of allylic oxidation sites excluding steroid dienone is 3. The summed E-state index contributed by atoms with van der Waals surface area (Å²) in [6, 6.07) is 0. The number of hydrogen-bond acceptors (Lipinski definition) is 3. The quantitative estimate of drug-likeness (QED) is 0.486. The predicted octanol–water partition coefficient (Wildman–Crippen LogP) is 6.07. The van der Waals surface area contributed by atoms with Gasteiger partial charge in [-0.1, -0.05) is 58.8 Å². The van der Waals surface area contributed by atoms with Crippen LogP contribution in [0.4, 0.5) is 0 Å². The van der Waals surface area contributed by atoms with E-state index in [-0.39, 0.29) is 24.1 Å². The normalized spacial score (nSPS) is 31.1. The molecule has 0 saturated carbocycles. The van der Waals surface area contributed by atoms with E-state index in [2.05, 4.69) is 39.0 Å². The molecule has 1 N–H and O–H groups in total. The zero-order valence-corrected chi connectivity index (χ0v) is 18.9. The summed E-state index contributed by atoms with van der Waals surface area (Å²) in [5.41, 5.74) is 0.893. The van der Waals surface area contributed by atoms with E-state index in [4.69, 9.17) is 4.74 Å². The maximum atomic E-state index is 12.8. The van der Waals surface area contributed by atoms with Crippen LogP contribution in [-0.2, 0) is 9.53 Å². The molecule has 0 aliphatic heterocycles. The van der Waals surface area contributed by atoms with Crippen molar-refractivity contribution in [3.63, 3.8) is 0 Å². The van der Waals surface area contributed by atoms with Crippen LogP contribution in [0.15, 0.2) is 23.8 Å². The molecule has 0 heterocycles. The Morgan fingerprint density at radius 3 is 2.64 bits per heavy atom. The van der Waals surface area contributed by atoms with E-state index >= 15 is 0 Å². The van der Waals surface area contributed by atoms with Gasteiger partial charge in [0.05, 0.1) is 11.5 Å². The highest BCUT2D eigenvalue weighted by atomic mass is 16.5. The second-order valence-corrected chi connectivity index (χ2v) is 9.84. The lowest BCUT2D eigenvalue weighted by molar-refractivity contribution is -0.164. The van der Waals surface area contributed by atoms with Crippen LogP contribution >= 0.6 is 0 Å². The Kier molecular flexibility index (Phi) is 8.36. The van der Waals surface area contributed by atoms with Gasteiger partial charge in [0.15, 0.2) is 0 Å². The van der Waals surface area contributed by atoms with Gasteiger partial charge in [0.1, 0.15) is 6.10 Å². The second kappa shape index (κ2) is 10.1. The van der Waals surface area contributed by atoms with Gasteiger partial charge in [-0.05, 0) is 69.3 Å². The molecule has 2 rings (SSSR count). The van der Waals surface area contributed by atoms with Gasteiger partial charge < -0.3 is 9.84 Å². The molecule has 160 valence electrons. The van der Waals surface area contributed by atoms with E-state index < -0.39 is 5.41 Å². The lowest BCUT2D eigenvalue weighted by Gasteiger charge is -2.44. The Labute approximate surface area is 172 Å². The number of carbonyl (C=O) groups is 1. The summed E-state index contributed by atoms with van der Waals surface area (Å²) in [6.07, 6.45) is 13.2. The number of esters is 1. The van der Waals surface area contributed by atoms with Crippen molar-refractivity contribution in [1.82, 2.24) is 0 Å². The molecule has 2 aliphatic carbocycles. The molecular formula is C25H42O3. The van der Waals surface area contributed by atoms with Crippen molar-refractivity contribution < 1.29 is 14.6 Å². The molecule has 28 heavy (non-hydrogen) atoms. The third-order valence-corrected chi connectivity index (χ3v) is 7.01. The van der Waals surface area contributed by atoms with E-state index in [1.165, 1.54) is 5.57 Å². The first-order valence-electron chi connectivity index (χ1n) is 11.5. The monoisotopic (exact) mass is 390 g/mol. The van der Waals surface area contributed by atoms with Crippen LogP contribution < -0.4 is 0 Å². The fourth-order valence-corrected chi connectivity index (χ4v) is 4.63. The molecule has 1 unspecified atom stereocenters. The number of fused-ring (bicyclic) bond motifs is 1. The van der Waals surface area contributed by atoms with E-state index in [1.807, 2.05) is 20.8 Å². The van der Waals surface area contributed by atoms with Gasteiger partial charge in [0.25, 0.3) is 0 Å². The van der Waals surface area contributed by atoms with Crippen molar-refractivity contribution in [2.24, 2.45) is 29.1 Å². The molecule has 0 radical (unpaired) electrons. The summed E-state index contributed by atoms with van der Waals surface area (Å²) in [7, 11) is 0. The first-order valence-corrected chi connectivity index (χ1v) is 11.5. The van der Waals surface area contributed by atoms with Gasteiger partial charge in [-0.25, -0.2) is 0 Å². The Morgan fingerprint density at radius 1 is 1.29 bits per heavy atom. The van der Waals surface area contributed by atoms with E-state index in [0.717, 1.165) is 44.9 Å². The average molecular weight is 391 g/mol. The topological polar surface area (TPSA) is 46.5 Å². The van der Waals surface area contributed by atoms with Crippen molar-refractivity contribution >= 4 is 5.97 Å². The van der Waals surface area contributed by atoms with E-state index in [0.29, 0.717) is 17.8 Å². The number of rotatable bonds is 9. The van der Waals surface area contributed by atoms with Crippen LogP contribution in [-0.4, -0.2) is 23.3 Å². The van der Waals surface area contributed by atoms with Crippen LogP contribution in [0.25, 0.3) is 0 Å². The van der Waals surface area contributed by atoms with Crippen molar-refractivity contribution in [3.05, 3.63) is 23.8 Å². The van der Waals surface area contributed by atoms with Crippen LogP contribution in [0.1, 0.15) is 86.5 Å². The zero-order valence-electron chi connectivity index (χ0n) is 18.9. The maximum absolute atomic E-state index is 12.8. The molecular weight excluding hydrogens is 348 g/mol. The second-order valence-electron chi connectivity index (χ2n) is 9.84. The highest BCUT2D eigenvalue weighted by Gasteiger charge is 2.42. The third-order valence-electron chi connectivity index (χ3n) is 7.01. The lowest BCUT2D eigenvalue weighted by Crippen LogP contribution is -2.43. The summed E-state index contributed by atoms with van der Waals surface area (Å²) >= 11 is 0. The maximum Gasteiger partial charge on any atom is 0.311 e. The molecule has 0 saturated heterocycles. The number of aliphatic hydroxyl groups is 1. The molecule has 3 heteroatoms. The Hall–Kier alpha value is -1.09. The highest BCUT2D eigenvalue weighted by molar-refractivity contribution is 5.76. The molecule has 0 spiro atoms. The first-order chi connectivity index (χ1) is 13.2. The van der Waals surface area contributed by atoms with Crippen LogP contribution in [0.3, 0.4) is 0 Å². The van der Waals surface area contributed by atoms with Gasteiger partial charge in [-0.3, -0.25) is 4.79 Å². The van der Waals surface area contributed by atoms with Crippen molar-refractivity contribution in [3.8, 4) is 0 Å². The number of aliphatic hydroxyl groups excluding tert-OH is 1. The summed E-state index contributed by atoms with van der Waals surface area (Å²) in [5.74, 6) is 1.46. The van der Waals surface area contributed by atoms with E-state index in [1.54, 1.807) is 0 Å². The zero-order chi connectivity index (χ0) is 20.9. The minimum absolute atomic E-state index is 0.0569. The van der Waals surface area contributed by atoms with Gasteiger partial charge in [0, 0.05) is 5.92 Å². The molecule has 0 fully saturated rings. The van der Waals surface area contributed by atoms with Crippen LogP contribution in [0.2, 0.25) is 0 Å². The highest BCUT2D eigenvalue weighted by Crippen LogP contribution is 2.45. The third kappa shape index (κ3) is 5.72. The summed E-state index contributed by atoms with van der Waals surface area (Å²) < 4.78 is 6.16. The van der Waals surface area contributed by atoms with Crippen LogP contribution in [0.5, 0.6) is 0 Å². The minimum atomic E-state index is -0.438. The average Bonchev–Trinajstić information content (AvgIpc) is 2.65. The molecule has 0 bridgehead atoms. The van der Waals surface area contributed by atoms with Crippen LogP contribution in [0, 0.1) is 29.1 Å². The smallest absolute Gasteiger partial charge is 0.311 e. The van der Waals surface area contributed by atoms with Gasteiger partial charge in [-0.15, -0.1) is 0 Å². The standard InChI is InChI=1S/C25H42O3/c1-7-9-10-20(26)13-14-21-18(4)11-12-19-15-17(3)16-22(23(19)21)28-24(27)25(5,6)8-2/h11-12,15,17-18,20-23,26H,7-10,13-14,16H2,1-6H3/t17-,18-,20-,21-,22-,23?/m0/s1. The van der Waals surface area contributed by atoms with Crippen molar-refractivity contribution in [2.45, 2.75) is 98.7 Å². The first kappa shape index (κ1) is 23.2. The molecule has 3 nitrogen and oxygen atoms in total. The summed E-state index contributed by atoms with van der Waals surface area (Å²) in [5, 5.41) is 10.4. The number of hydrogen-bond donors (Lipinski definition) is 1. The Balaban J connectivity index is 2.17.